The summed E-state index contributed by atoms with van der Waals surface area (Å²) in [5.41, 5.74) is -0.188. The number of thiazole rings is 1. The van der Waals surface area contributed by atoms with Gasteiger partial charge >= 0.3 is 5.97 Å². The summed E-state index contributed by atoms with van der Waals surface area (Å²) in [5.74, 6) is -5.41. The molecule has 3 N–H and O–H groups in total. The minimum atomic E-state index is -1.34. The number of carbonyl (C=O) groups is 2. The van der Waals surface area contributed by atoms with E-state index in [0.717, 1.165) is 23.1 Å². The molecule has 0 saturated carbocycles. The molecular formula is C17H14F2N2O4S2. The molecule has 0 bridgehead atoms. The first kappa shape index (κ1) is 19.3. The number of aromatic nitrogens is 1. The molecule has 0 aliphatic carbocycles. The van der Waals surface area contributed by atoms with Gasteiger partial charge < -0.3 is 15.5 Å². The van der Waals surface area contributed by atoms with Crippen LogP contribution in [0.4, 0.5) is 8.78 Å². The van der Waals surface area contributed by atoms with Crippen molar-refractivity contribution in [2.45, 2.75) is 19.8 Å². The summed E-state index contributed by atoms with van der Waals surface area (Å²) >= 11 is 1.97. The fourth-order valence-electron chi connectivity index (χ4n) is 2.73. The van der Waals surface area contributed by atoms with Gasteiger partial charge in [0.25, 0.3) is 5.91 Å². The number of nitrogens with zero attached hydrogens (tertiary/aromatic N) is 1. The Bertz CT molecular complexity index is 988. The summed E-state index contributed by atoms with van der Waals surface area (Å²) in [7, 11) is 0. The lowest BCUT2D eigenvalue weighted by Gasteiger charge is -2.14. The summed E-state index contributed by atoms with van der Waals surface area (Å²) in [6, 6.07) is 2.73. The predicted molar refractivity (Wildman–Crippen MR) is 96.9 cm³/mol. The lowest BCUT2D eigenvalue weighted by Crippen LogP contribution is -2.23. The molecular weight excluding hydrogens is 398 g/mol. The number of hydrogen-bond acceptors (Lipinski definition) is 6. The molecule has 1 aromatic carbocycles. The lowest BCUT2D eigenvalue weighted by atomic mass is 9.92. The Morgan fingerprint density at radius 3 is 2.56 bits per heavy atom. The number of aryl methyl sites for hydroxylation is 2. The molecule has 1 unspecified atom stereocenters. The lowest BCUT2D eigenvalue weighted by molar-refractivity contribution is -0.132. The van der Waals surface area contributed by atoms with Crippen molar-refractivity contribution in [1.82, 2.24) is 10.3 Å². The second-order valence-electron chi connectivity index (χ2n) is 5.85. The van der Waals surface area contributed by atoms with Gasteiger partial charge in [0.1, 0.15) is 0 Å². The van der Waals surface area contributed by atoms with Crippen LogP contribution in [0.5, 0.6) is 5.88 Å². The summed E-state index contributed by atoms with van der Waals surface area (Å²) in [4.78, 5) is 27.8. The number of carboxylic acids is 1. The van der Waals surface area contributed by atoms with Crippen LogP contribution >= 0.6 is 23.1 Å². The topological polar surface area (TPSA) is 99.5 Å². The van der Waals surface area contributed by atoms with Crippen molar-refractivity contribution in [2.24, 2.45) is 0 Å². The van der Waals surface area contributed by atoms with Crippen molar-refractivity contribution < 1.29 is 28.6 Å². The minimum absolute atomic E-state index is 0.0309. The van der Waals surface area contributed by atoms with E-state index in [-0.39, 0.29) is 32.4 Å². The van der Waals surface area contributed by atoms with E-state index in [1.165, 1.54) is 19.1 Å². The van der Waals surface area contributed by atoms with Gasteiger partial charge in [-0.2, -0.15) is 0 Å². The SMILES string of the molecule is Cc1nc(O)c(C(=O)NC2=C(C(=O)O)C(c3ccc(C)c(F)c3F)CS2)s1. The fourth-order valence-corrected chi connectivity index (χ4v) is 4.67. The Kier molecular flexibility index (Phi) is 5.20. The smallest absolute Gasteiger partial charge is 0.334 e. The highest BCUT2D eigenvalue weighted by molar-refractivity contribution is 8.03. The van der Waals surface area contributed by atoms with Gasteiger partial charge in [0.05, 0.1) is 15.6 Å². The molecule has 1 atom stereocenters. The molecule has 1 aromatic heterocycles. The number of carbonyl (C=O) groups excluding carboxylic acids is 1. The third-order valence-electron chi connectivity index (χ3n) is 4.05. The maximum atomic E-state index is 14.3. The molecule has 0 spiro atoms. The van der Waals surface area contributed by atoms with E-state index < -0.39 is 35.3 Å². The van der Waals surface area contributed by atoms with Crippen molar-refractivity contribution in [2.75, 3.05) is 5.75 Å². The van der Waals surface area contributed by atoms with Gasteiger partial charge in [-0.15, -0.1) is 23.1 Å². The van der Waals surface area contributed by atoms with Crippen LogP contribution in [0.25, 0.3) is 0 Å². The highest BCUT2D eigenvalue weighted by Crippen LogP contribution is 2.42. The van der Waals surface area contributed by atoms with Gasteiger partial charge in [0.15, 0.2) is 16.5 Å². The molecule has 0 fully saturated rings. The Morgan fingerprint density at radius 2 is 1.96 bits per heavy atom. The molecule has 3 rings (SSSR count). The molecule has 0 saturated heterocycles. The predicted octanol–water partition coefficient (Wildman–Crippen LogP) is 3.30. The summed E-state index contributed by atoms with van der Waals surface area (Å²) in [5, 5.41) is 22.2. The van der Waals surface area contributed by atoms with E-state index in [9.17, 15) is 28.6 Å². The zero-order valence-corrected chi connectivity index (χ0v) is 15.8. The number of halogens is 2. The number of rotatable bonds is 4. The van der Waals surface area contributed by atoms with Gasteiger partial charge in [-0.05, 0) is 25.0 Å². The van der Waals surface area contributed by atoms with Crippen LogP contribution in [0.3, 0.4) is 0 Å². The molecule has 6 nitrogen and oxygen atoms in total. The van der Waals surface area contributed by atoms with Crippen molar-refractivity contribution in [3.63, 3.8) is 0 Å². The number of hydrogen-bond donors (Lipinski definition) is 3. The standard InChI is InChI=1S/C17H14F2N2O4S2/c1-6-3-4-8(12(19)11(6)18)9-5-26-16(10(9)17(24)25)21-15(23)13-14(22)20-7(2)27-13/h3-4,9,22H,5H2,1-2H3,(H,21,23)(H,24,25). The molecule has 2 aromatic rings. The van der Waals surface area contributed by atoms with Crippen molar-refractivity contribution in [3.8, 4) is 5.88 Å². The van der Waals surface area contributed by atoms with E-state index in [0.29, 0.717) is 5.01 Å². The summed E-state index contributed by atoms with van der Waals surface area (Å²) in [6.07, 6.45) is 0. The molecule has 1 aliphatic rings. The van der Waals surface area contributed by atoms with Crippen molar-refractivity contribution in [1.29, 1.82) is 0 Å². The van der Waals surface area contributed by atoms with Crippen LogP contribution in [0, 0.1) is 25.5 Å². The van der Waals surface area contributed by atoms with Crippen LogP contribution in [-0.2, 0) is 4.79 Å². The summed E-state index contributed by atoms with van der Waals surface area (Å²) in [6.45, 7) is 3.02. The van der Waals surface area contributed by atoms with Gasteiger partial charge in [0, 0.05) is 11.7 Å². The third kappa shape index (κ3) is 3.54. The molecule has 1 amide bonds. The van der Waals surface area contributed by atoms with Gasteiger partial charge in [-0.1, -0.05) is 12.1 Å². The quantitative estimate of drug-likeness (QED) is 0.713. The van der Waals surface area contributed by atoms with E-state index in [1.807, 2.05) is 0 Å². The first-order valence-corrected chi connectivity index (χ1v) is 9.53. The molecule has 2 heterocycles. The molecule has 27 heavy (non-hydrogen) atoms. The highest BCUT2D eigenvalue weighted by atomic mass is 32.2. The van der Waals surface area contributed by atoms with Crippen LogP contribution in [0.15, 0.2) is 22.7 Å². The van der Waals surface area contributed by atoms with Crippen LogP contribution in [-0.4, -0.2) is 32.8 Å². The number of aliphatic carboxylic acids is 1. The molecule has 1 aliphatic heterocycles. The Labute approximate surface area is 160 Å². The molecule has 0 radical (unpaired) electrons. The second kappa shape index (κ2) is 7.28. The maximum Gasteiger partial charge on any atom is 0.334 e. The van der Waals surface area contributed by atoms with Gasteiger partial charge in [-0.3, -0.25) is 4.79 Å². The number of amides is 1. The van der Waals surface area contributed by atoms with Gasteiger partial charge in [0.2, 0.25) is 5.88 Å². The number of carboxylic acid groups (broad SMARTS) is 1. The van der Waals surface area contributed by atoms with Gasteiger partial charge in [-0.25, -0.2) is 18.6 Å². The Hall–Kier alpha value is -2.46. The average Bonchev–Trinajstić information content (AvgIpc) is 3.15. The van der Waals surface area contributed by atoms with Crippen LogP contribution in [0.1, 0.15) is 31.7 Å². The van der Waals surface area contributed by atoms with Crippen LogP contribution < -0.4 is 5.32 Å². The number of aromatic hydroxyl groups is 1. The number of benzene rings is 1. The molecule has 142 valence electrons. The van der Waals surface area contributed by atoms with Crippen molar-refractivity contribution in [3.05, 3.63) is 55.4 Å². The first-order chi connectivity index (χ1) is 12.7. The van der Waals surface area contributed by atoms with Crippen LogP contribution in [0.2, 0.25) is 0 Å². The summed E-state index contributed by atoms with van der Waals surface area (Å²) < 4.78 is 28.2. The Morgan fingerprint density at radius 1 is 1.26 bits per heavy atom. The highest BCUT2D eigenvalue weighted by Gasteiger charge is 2.36. The van der Waals surface area contributed by atoms with E-state index >= 15 is 0 Å². The third-order valence-corrected chi connectivity index (χ3v) is 6.12. The molecule has 10 heteroatoms. The van der Waals surface area contributed by atoms with E-state index in [1.54, 1.807) is 6.92 Å². The van der Waals surface area contributed by atoms with Crippen molar-refractivity contribution >= 4 is 35.0 Å². The minimum Gasteiger partial charge on any atom is -0.492 e. The second-order valence-corrected chi connectivity index (χ2v) is 8.08. The largest absolute Gasteiger partial charge is 0.492 e. The zero-order chi connectivity index (χ0) is 19.9. The fraction of sp³-hybridized carbons (Fsp3) is 0.235. The monoisotopic (exact) mass is 412 g/mol. The van der Waals surface area contributed by atoms with E-state index in [4.69, 9.17) is 0 Å². The maximum absolute atomic E-state index is 14.3. The zero-order valence-electron chi connectivity index (χ0n) is 14.2. The number of nitrogens with one attached hydrogen (secondary N) is 1. The average molecular weight is 412 g/mol. The normalized spacial score (nSPS) is 16.7. The number of thioether (sulfide) groups is 1. The van der Waals surface area contributed by atoms with E-state index in [2.05, 4.69) is 10.3 Å². The Balaban J connectivity index is 1.97. The first-order valence-electron chi connectivity index (χ1n) is 7.73.